The number of piperazine rings is 1. The van der Waals surface area contributed by atoms with E-state index < -0.39 is 11.6 Å². The fraction of sp³-hybridized carbons (Fsp3) is 0.667. The van der Waals surface area contributed by atoms with E-state index in [1.807, 2.05) is 0 Å². The van der Waals surface area contributed by atoms with Gasteiger partial charge in [0.05, 0.1) is 0 Å². The Bertz CT molecular complexity index is 496. The summed E-state index contributed by atoms with van der Waals surface area (Å²) >= 11 is 0. The summed E-state index contributed by atoms with van der Waals surface area (Å²) < 4.78 is 27.2. The van der Waals surface area contributed by atoms with Crippen LogP contribution in [0.1, 0.15) is 32.3 Å². The average Bonchev–Trinajstić information content (AvgIpc) is 2.51. The highest BCUT2D eigenvalue weighted by Gasteiger charge is 2.27. The number of hydrogen-bond donors (Lipinski definition) is 1. The van der Waals surface area contributed by atoms with E-state index in [1.54, 1.807) is 12.1 Å². The molecule has 5 heteroatoms. The van der Waals surface area contributed by atoms with Gasteiger partial charge in [-0.15, -0.1) is 0 Å². The van der Waals surface area contributed by atoms with Crippen LogP contribution in [0.25, 0.3) is 0 Å². The molecule has 3 nitrogen and oxygen atoms in total. The predicted octanol–water partition coefficient (Wildman–Crippen LogP) is 2.88. The quantitative estimate of drug-likeness (QED) is 0.835. The molecule has 1 aromatic carbocycles. The minimum atomic E-state index is -0.787. The zero-order valence-electron chi connectivity index (χ0n) is 14.1. The van der Waals surface area contributed by atoms with E-state index in [4.69, 9.17) is 0 Å². The summed E-state index contributed by atoms with van der Waals surface area (Å²) in [4.78, 5) is 4.58. The van der Waals surface area contributed by atoms with E-state index in [2.05, 4.69) is 23.6 Å². The fourth-order valence-electron chi connectivity index (χ4n) is 3.15. The lowest BCUT2D eigenvalue weighted by atomic mass is 10.0. The Labute approximate surface area is 137 Å². The van der Waals surface area contributed by atoms with Crippen LogP contribution < -0.4 is 0 Å². The van der Waals surface area contributed by atoms with Gasteiger partial charge in [0.2, 0.25) is 0 Å². The van der Waals surface area contributed by atoms with Crippen LogP contribution in [0.2, 0.25) is 0 Å². The summed E-state index contributed by atoms with van der Waals surface area (Å²) in [5, 5.41) is 9.32. The molecule has 1 aliphatic rings. The smallest absolute Gasteiger partial charge is 0.163 e. The van der Waals surface area contributed by atoms with Crippen molar-refractivity contribution in [2.24, 2.45) is 5.92 Å². The molecule has 1 heterocycles. The Kier molecular flexibility index (Phi) is 6.93. The zero-order valence-corrected chi connectivity index (χ0v) is 14.1. The third-order valence-electron chi connectivity index (χ3n) is 4.57. The highest BCUT2D eigenvalue weighted by molar-refractivity contribution is 5.19. The Morgan fingerprint density at radius 2 is 2.04 bits per heavy atom. The number of nitrogens with zero attached hydrogens (tertiary/aromatic N) is 2. The van der Waals surface area contributed by atoms with Crippen molar-refractivity contribution in [2.45, 2.75) is 39.3 Å². The summed E-state index contributed by atoms with van der Waals surface area (Å²) in [6.07, 6.45) is 1.86. The average molecular weight is 326 g/mol. The molecule has 2 rings (SSSR count). The first-order chi connectivity index (χ1) is 11.0. The molecular formula is C18H28F2N2O. The number of rotatable bonds is 7. The fourth-order valence-corrected chi connectivity index (χ4v) is 3.15. The first-order valence-electron chi connectivity index (χ1n) is 8.51. The van der Waals surface area contributed by atoms with Gasteiger partial charge in [-0.25, -0.2) is 8.78 Å². The summed E-state index contributed by atoms with van der Waals surface area (Å²) in [7, 11) is 0. The van der Waals surface area contributed by atoms with Gasteiger partial charge in [-0.2, -0.15) is 0 Å². The highest BCUT2D eigenvalue weighted by atomic mass is 19.2. The van der Waals surface area contributed by atoms with E-state index >= 15 is 0 Å². The standard InChI is InChI=1S/C18H28F2N2O/c1-14(2)6-8-22-10-9-21(13-16(22)7-11-23)12-15-4-3-5-17(19)18(15)20/h3-5,14,16,23H,6-13H2,1-2H3/t16-/m1/s1. The van der Waals surface area contributed by atoms with Crippen molar-refractivity contribution in [1.29, 1.82) is 0 Å². The van der Waals surface area contributed by atoms with Crippen molar-refractivity contribution in [3.63, 3.8) is 0 Å². The Morgan fingerprint density at radius 1 is 1.26 bits per heavy atom. The second-order valence-corrected chi connectivity index (χ2v) is 6.83. The SMILES string of the molecule is CC(C)CCN1CCN(Cc2cccc(F)c2F)C[C@H]1CCO. The lowest BCUT2D eigenvalue weighted by Crippen LogP contribution is -2.53. The number of hydrogen-bond acceptors (Lipinski definition) is 3. The van der Waals surface area contributed by atoms with E-state index in [-0.39, 0.29) is 12.6 Å². The molecule has 0 unspecified atom stereocenters. The van der Waals surface area contributed by atoms with E-state index in [0.717, 1.165) is 45.1 Å². The first kappa shape index (κ1) is 18.3. The lowest BCUT2D eigenvalue weighted by Gasteiger charge is -2.41. The third kappa shape index (κ3) is 5.23. The molecule has 1 atom stereocenters. The molecular weight excluding hydrogens is 298 g/mol. The molecule has 1 fully saturated rings. The molecule has 0 radical (unpaired) electrons. The minimum absolute atomic E-state index is 0.158. The van der Waals surface area contributed by atoms with Crippen molar-refractivity contribution >= 4 is 0 Å². The highest BCUT2D eigenvalue weighted by Crippen LogP contribution is 2.19. The summed E-state index contributed by atoms with van der Waals surface area (Å²) in [5.74, 6) is -0.873. The van der Waals surface area contributed by atoms with Crippen molar-refractivity contribution in [1.82, 2.24) is 9.80 Å². The maximum atomic E-state index is 13.8. The summed E-state index contributed by atoms with van der Waals surface area (Å²) in [5.41, 5.74) is 0.406. The van der Waals surface area contributed by atoms with Crippen molar-refractivity contribution in [3.05, 3.63) is 35.4 Å². The van der Waals surface area contributed by atoms with Gasteiger partial charge in [-0.1, -0.05) is 26.0 Å². The third-order valence-corrected chi connectivity index (χ3v) is 4.57. The molecule has 1 aromatic rings. The minimum Gasteiger partial charge on any atom is -0.396 e. The summed E-state index contributed by atoms with van der Waals surface area (Å²) in [6.45, 7) is 8.58. The van der Waals surface area contributed by atoms with Gasteiger partial charge >= 0.3 is 0 Å². The van der Waals surface area contributed by atoms with Gasteiger partial charge in [-0.05, 0) is 31.4 Å². The van der Waals surface area contributed by atoms with Gasteiger partial charge in [0.1, 0.15) is 0 Å². The number of halogens is 2. The second kappa shape index (κ2) is 8.71. The maximum Gasteiger partial charge on any atom is 0.163 e. The van der Waals surface area contributed by atoms with E-state index in [0.29, 0.717) is 18.0 Å². The predicted molar refractivity (Wildman–Crippen MR) is 88.2 cm³/mol. The molecule has 0 amide bonds. The van der Waals surface area contributed by atoms with Crippen LogP contribution in [-0.4, -0.2) is 53.7 Å². The van der Waals surface area contributed by atoms with Gasteiger partial charge in [-0.3, -0.25) is 9.80 Å². The van der Waals surface area contributed by atoms with E-state index in [9.17, 15) is 13.9 Å². The molecule has 23 heavy (non-hydrogen) atoms. The largest absolute Gasteiger partial charge is 0.396 e. The molecule has 0 bridgehead atoms. The first-order valence-corrected chi connectivity index (χ1v) is 8.51. The normalized spacial score (nSPS) is 20.3. The van der Waals surface area contributed by atoms with Crippen LogP contribution in [0.4, 0.5) is 8.78 Å². The zero-order chi connectivity index (χ0) is 16.8. The topological polar surface area (TPSA) is 26.7 Å². The van der Waals surface area contributed by atoms with E-state index in [1.165, 1.54) is 0 Å². The molecule has 1 saturated heterocycles. The molecule has 0 aromatic heterocycles. The van der Waals surface area contributed by atoms with Crippen molar-refractivity contribution in [2.75, 3.05) is 32.8 Å². The van der Waals surface area contributed by atoms with Crippen LogP contribution in [-0.2, 0) is 6.54 Å². The van der Waals surface area contributed by atoms with Crippen LogP contribution in [0.5, 0.6) is 0 Å². The van der Waals surface area contributed by atoms with Crippen LogP contribution in [0.3, 0.4) is 0 Å². The van der Waals surface area contributed by atoms with Crippen LogP contribution >= 0.6 is 0 Å². The van der Waals surface area contributed by atoms with Gasteiger partial charge in [0, 0.05) is 44.4 Å². The second-order valence-electron chi connectivity index (χ2n) is 6.83. The molecule has 130 valence electrons. The van der Waals surface area contributed by atoms with Crippen molar-refractivity contribution in [3.8, 4) is 0 Å². The molecule has 1 N–H and O–H groups in total. The Morgan fingerprint density at radius 3 is 2.74 bits per heavy atom. The van der Waals surface area contributed by atoms with Gasteiger partial charge in [0.15, 0.2) is 11.6 Å². The molecule has 1 aliphatic heterocycles. The summed E-state index contributed by atoms with van der Waals surface area (Å²) in [6, 6.07) is 4.63. The number of aliphatic hydroxyl groups excluding tert-OH is 1. The Balaban J connectivity index is 1.96. The van der Waals surface area contributed by atoms with Crippen LogP contribution in [0.15, 0.2) is 18.2 Å². The van der Waals surface area contributed by atoms with Crippen LogP contribution in [0, 0.1) is 17.6 Å². The number of benzene rings is 1. The number of aliphatic hydroxyl groups is 1. The Hall–Kier alpha value is -1.04. The molecule has 0 spiro atoms. The lowest BCUT2D eigenvalue weighted by molar-refractivity contribution is 0.0518. The maximum absolute atomic E-state index is 13.8. The van der Waals surface area contributed by atoms with Gasteiger partial charge < -0.3 is 5.11 Å². The monoisotopic (exact) mass is 326 g/mol. The molecule has 0 saturated carbocycles. The molecule has 0 aliphatic carbocycles. The van der Waals surface area contributed by atoms with Crippen molar-refractivity contribution < 1.29 is 13.9 Å². The van der Waals surface area contributed by atoms with Gasteiger partial charge in [0.25, 0.3) is 0 Å².